The average Bonchev–Trinajstić information content (AvgIpc) is 2.27. The van der Waals surface area contributed by atoms with Gasteiger partial charge < -0.3 is 10.4 Å². The van der Waals surface area contributed by atoms with E-state index in [0.29, 0.717) is 5.92 Å². The molecule has 88 valence electrons. The minimum atomic E-state index is -0.264. The fourth-order valence-electron chi connectivity index (χ4n) is 2.42. The third kappa shape index (κ3) is 2.07. The molecular formula is C14H21NO. The molecule has 2 N–H and O–H groups in total. The van der Waals surface area contributed by atoms with Crippen LogP contribution in [0.3, 0.4) is 0 Å². The highest BCUT2D eigenvalue weighted by Crippen LogP contribution is 2.28. The van der Waals surface area contributed by atoms with Crippen LogP contribution >= 0.6 is 0 Å². The number of hydrogen-bond acceptors (Lipinski definition) is 2. The largest absolute Gasteiger partial charge is 0.391 e. The van der Waals surface area contributed by atoms with Gasteiger partial charge in [0.15, 0.2) is 0 Å². The summed E-state index contributed by atoms with van der Waals surface area (Å²) in [5.74, 6) is 0.453. The van der Waals surface area contributed by atoms with E-state index < -0.39 is 0 Å². The minimum absolute atomic E-state index is 0.181. The highest BCUT2D eigenvalue weighted by atomic mass is 16.3. The van der Waals surface area contributed by atoms with Crippen molar-refractivity contribution in [2.45, 2.75) is 45.8 Å². The van der Waals surface area contributed by atoms with Gasteiger partial charge in [-0.05, 0) is 29.5 Å². The second-order valence-corrected chi connectivity index (χ2v) is 5.03. The van der Waals surface area contributed by atoms with E-state index in [-0.39, 0.29) is 12.1 Å². The zero-order valence-corrected chi connectivity index (χ0v) is 10.3. The number of aryl methyl sites for hydroxylation is 1. The molecule has 0 radical (unpaired) electrons. The van der Waals surface area contributed by atoms with Crippen LogP contribution in [-0.4, -0.2) is 17.3 Å². The first kappa shape index (κ1) is 11.5. The van der Waals surface area contributed by atoms with Crippen LogP contribution in [0.15, 0.2) is 18.2 Å². The molecular weight excluding hydrogens is 198 g/mol. The molecule has 2 unspecified atom stereocenters. The van der Waals surface area contributed by atoms with Gasteiger partial charge in [0, 0.05) is 12.1 Å². The zero-order valence-electron chi connectivity index (χ0n) is 10.3. The Morgan fingerprint density at radius 3 is 2.81 bits per heavy atom. The summed E-state index contributed by atoms with van der Waals surface area (Å²) in [6.07, 6.45) is 1.57. The van der Waals surface area contributed by atoms with Crippen LogP contribution in [0.4, 0.5) is 5.69 Å². The van der Waals surface area contributed by atoms with Crippen molar-refractivity contribution >= 4 is 5.69 Å². The lowest BCUT2D eigenvalue weighted by atomic mass is 9.88. The Morgan fingerprint density at radius 1 is 1.44 bits per heavy atom. The second kappa shape index (κ2) is 4.46. The summed E-state index contributed by atoms with van der Waals surface area (Å²) in [4.78, 5) is 0. The summed E-state index contributed by atoms with van der Waals surface area (Å²) in [7, 11) is 0. The lowest BCUT2D eigenvalue weighted by molar-refractivity contribution is 0.129. The number of rotatable bonds is 2. The van der Waals surface area contributed by atoms with Crippen molar-refractivity contribution in [3.8, 4) is 0 Å². The average molecular weight is 219 g/mol. The number of nitrogens with one attached hydrogen (secondary N) is 1. The SMILES string of the molecule is CCc1ccc2c(c1)CC(O)C(C(C)C)N2. The van der Waals surface area contributed by atoms with Crippen molar-refractivity contribution in [3.63, 3.8) is 0 Å². The Kier molecular flexibility index (Phi) is 3.20. The molecule has 0 amide bonds. The van der Waals surface area contributed by atoms with E-state index in [4.69, 9.17) is 0 Å². The van der Waals surface area contributed by atoms with Gasteiger partial charge in [-0.2, -0.15) is 0 Å². The van der Waals surface area contributed by atoms with Gasteiger partial charge >= 0.3 is 0 Å². The first-order valence-electron chi connectivity index (χ1n) is 6.18. The summed E-state index contributed by atoms with van der Waals surface area (Å²) >= 11 is 0. The Bertz CT molecular complexity index is 373. The molecule has 0 saturated heterocycles. The van der Waals surface area contributed by atoms with E-state index in [9.17, 15) is 5.11 Å². The molecule has 0 saturated carbocycles. The fourth-order valence-corrected chi connectivity index (χ4v) is 2.42. The van der Waals surface area contributed by atoms with Crippen LogP contribution in [0, 0.1) is 5.92 Å². The van der Waals surface area contributed by atoms with Crippen LogP contribution < -0.4 is 5.32 Å². The third-order valence-electron chi connectivity index (χ3n) is 3.46. The van der Waals surface area contributed by atoms with Gasteiger partial charge in [0.2, 0.25) is 0 Å². The molecule has 1 aliphatic rings. The number of aliphatic hydroxyl groups is 1. The zero-order chi connectivity index (χ0) is 11.7. The molecule has 1 aromatic rings. The van der Waals surface area contributed by atoms with Crippen molar-refractivity contribution in [2.75, 3.05) is 5.32 Å². The number of hydrogen-bond donors (Lipinski definition) is 2. The summed E-state index contributed by atoms with van der Waals surface area (Å²) in [6, 6.07) is 6.71. The van der Waals surface area contributed by atoms with Crippen molar-refractivity contribution < 1.29 is 5.11 Å². The smallest absolute Gasteiger partial charge is 0.0784 e. The van der Waals surface area contributed by atoms with E-state index in [0.717, 1.165) is 12.8 Å². The number of anilines is 1. The molecule has 0 fully saturated rings. The summed E-state index contributed by atoms with van der Waals surface area (Å²) < 4.78 is 0. The van der Waals surface area contributed by atoms with Gasteiger partial charge in [-0.15, -0.1) is 0 Å². The van der Waals surface area contributed by atoms with Gasteiger partial charge in [0.05, 0.1) is 12.1 Å². The predicted octanol–water partition coefficient (Wildman–Crippen LogP) is 2.60. The second-order valence-electron chi connectivity index (χ2n) is 5.03. The molecule has 1 aromatic carbocycles. The maximum absolute atomic E-state index is 10.1. The van der Waals surface area contributed by atoms with Gasteiger partial charge in [0.25, 0.3) is 0 Å². The third-order valence-corrected chi connectivity index (χ3v) is 3.46. The molecule has 0 aromatic heterocycles. The van der Waals surface area contributed by atoms with E-state index in [1.54, 1.807) is 0 Å². The van der Waals surface area contributed by atoms with Crippen LogP contribution in [0.2, 0.25) is 0 Å². The van der Waals surface area contributed by atoms with Gasteiger partial charge in [-0.3, -0.25) is 0 Å². The van der Waals surface area contributed by atoms with Crippen molar-refractivity contribution in [2.24, 2.45) is 5.92 Å². The van der Waals surface area contributed by atoms with Crippen LogP contribution in [0.5, 0.6) is 0 Å². The summed E-state index contributed by atoms with van der Waals surface area (Å²) in [5, 5.41) is 13.5. The maximum atomic E-state index is 10.1. The number of fused-ring (bicyclic) bond motifs is 1. The van der Waals surface area contributed by atoms with E-state index in [2.05, 4.69) is 44.3 Å². The predicted molar refractivity (Wildman–Crippen MR) is 67.8 cm³/mol. The highest BCUT2D eigenvalue weighted by molar-refractivity contribution is 5.56. The van der Waals surface area contributed by atoms with Gasteiger partial charge in [0.1, 0.15) is 0 Å². The maximum Gasteiger partial charge on any atom is 0.0784 e. The number of benzene rings is 1. The van der Waals surface area contributed by atoms with Crippen LogP contribution in [-0.2, 0) is 12.8 Å². The van der Waals surface area contributed by atoms with E-state index in [1.807, 2.05) is 0 Å². The van der Waals surface area contributed by atoms with Crippen LogP contribution in [0.1, 0.15) is 31.9 Å². The standard InChI is InChI=1S/C14H21NO/c1-4-10-5-6-12-11(7-10)8-13(16)14(15-12)9(2)3/h5-7,9,13-16H,4,8H2,1-3H3. The molecule has 0 spiro atoms. The first-order valence-corrected chi connectivity index (χ1v) is 6.18. The molecule has 2 atom stereocenters. The number of aliphatic hydroxyl groups excluding tert-OH is 1. The summed E-state index contributed by atoms with van der Waals surface area (Å²) in [6.45, 7) is 6.45. The molecule has 2 nitrogen and oxygen atoms in total. The summed E-state index contributed by atoms with van der Waals surface area (Å²) in [5.41, 5.74) is 3.79. The normalized spacial score (nSPS) is 24.1. The topological polar surface area (TPSA) is 32.3 Å². The Labute approximate surface area is 97.7 Å². The first-order chi connectivity index (χ1) is 7.61. The Balaban J connectivity index is 2.27. The molecule has 1 aliphatic heterocycles. The Morgan fingerprint density at radius 2 is 2.19 bits per heavy atom. The molecule has 16 heavy (non-hydrogen) atoms. The van der Waals surface area contributed by atoms with Crippen molar-refractivity contribution in [1.29, 1.82) is 0 Å². The quantitative estimate of drug-likeness (QED) is 0.801. The van der Waals surface area contributed by atoms with Crippen molar-refractivity contribution in [1.82, 2.24) is 0 Å². The van der Waals surface area contributed by atoms with Gasteiger partial charge in [-0.1, -0.05) is 32.9 Å². The lowest BCUT2D eigenvalue weighted by Crippen LogP contribution is -2.42. The van der Waals surface area contributed by atoms with Crippen LogP contribution in [0.25, 0.3) is 0 Å². The fraction of sp³-hybridized carbons (Fsp3) is 0.571. The van der Waals surface area contributed by atoms with E-state index in [1.165, 1.54) is 16.8 Å². The molecule has 2 rings (SSSR count). The monoisotopic (exact) mass is 219 g/mol. The molecule has 0 bridgehead atoms. The lowest BCUT2D eigenvalue weighted by Gasteiger charge is -2.34. The Hall–Kier alpha value is -1.02. The molecule has 1 heterocycles. The highest BCUT2D eigenvalue weighted by Gasteiger charge is 2.28. The minimum Gasteiger partial charge on any atom is -0.391 e. The molecule has 2 heteroatoms. The van der Waals surface area contributed by atoms with Gasteiger partial charge in [-0.25, -0.2) is 0 Å². The molecule has 0 aliphatic carbocycles. The van der Waals surface area contributed by atoms with Crippen molar-refractivity contribution in [3.05, 3.63) is 29.3 Å². The van der Waals surface area contributed by atoms with E-state index >= 15 is 0 Å².